The van der Waals surface area contributed by atoms with Gasteiger partial charge in [-0.3, -0.25) is 4.79 Å². The van der Waals surface area contributed by atoms with E-state index in [1.54, 1.807) is 12.1 Å². The first-order chi connectivity index (χ1) is 9.65. The summed E-state index contributed by atoms with van der Waals surface area (Å²) in [6.45, 7) is 0.708. The number of hydrogen-bond donors (Lipinski definition) is 1. The summed E-state index contributed by atoms with van der Waals surface area (Å²) in [5.74, 6) is -0.156. The smallest absolute Gasteiger partial charge is 0.310 e. The lowest BCUT2D eigenvalue weighted by molar-refractivity contribution is -0.180. The molecule has 1 heterocycles. The molecule has 1 atom stereocenters. The molecule has 1 aliphatic heterocycles. The predicted octanol–water partition coefficient (Wildman–Crippen LogP) is 2.46. The molecule has 2 aliphatic rings. The van der Waals surface area contributed by atoms with Crippen molar-refractivity contribution in [2.24, 2.45) is 0 Å². The van der Waals surface area contributed by atoms with Gasteiger partial charge in [-0.05, 0) is 37.0 Å². The van der Waals surface area contributed by atoms with Gasteiger partial charge in [0.15, 0.2) is 0 Å². The zero-order valence-corrected chi connectivity index (χ0v) is 11.6. The van der Waals surface area contributed by atoms with Gasteiger partial charge in [0.05, 0.1) is 18.6 Å². The number of rotatable bonds is 3. The van der Waals surface area contributed by atoms with E-state index < -0.39 is 0 Å². The monoisotopic (exact) mass is 275 g/mol. The summed E-state index contributed by atoms with van der Waals surface area (Å²) in [5.41, 5.74) is 7.29. The maximum atomic E-state index is 12.0. The molecule has 4 nitrogen and oxygen atoms in total. The van der Waals surface area contributed by atoms with E-state index in [4.69, 9.17) is 15.2 Å². The van der Waals surface area contributed by atoms with E-state index in [0.717, 1.165) is 31.2 Å². The maximum absolute atomic E-state index is 12.0. The zero-order valence-electron chi connectivity index (χ0n) is 11.6. The van der Waals surface area contributed by atoms with Gasteiger partial charge < -0.3 is 15.2 Å². The van der Waals surface area contributed by atoms with Crippen LogP contribution in [0.2, 0.25) is 0 Å². The highest BCUT2D eigenvalue weighted by Crippen LogP contribution is 2.43. The van der Waals surface area contributed by atoms with Crippen molar-refractivity contribution in [3.8, 4) is 0 Å². The third-order valence-corrected chi connectivity index (χ3v) is 4.34. The average Bonchev–Trinajstić information content (AvgIpc) is 2.40. The van der Waals surface area contributed by atoms with Crippen molar-refractivity contribution in [3.05, 3.63) is 29.8 Å². The second-order valence-electron chi connectivity index (χ2n) is 5.91. The third kappa shape index (κ3) is 2.96. The number of carbonyl (C=O) groups excluding carboxylic acids is 1. The molecule has 2 N–H and O–H groups in total. The minimum absolute atomic E-state index is 0.0182. The fraction of sp³-hybridized carbons (Fsp3) is 0.562. The van der Waals surface area contributed by atoms with Crippen LogP contribution in [0, 0.1) is 0 Å². The van der Waals surface area contributed by atoms with Crippen LogP contribution in [0.4, 0.5) is 5.69 Å². The van der Waals surface area contributed by atoms with Gasteiger partial charge in [0.25, 0.3) is 0 Å². The molecule has 3 rings (SSSR count). The van der Waals surface area contributed by atoms with E-state index in [2.05, 4.69) is 0 Å². The fourth-order valence-electron chi connectivity index (χ4n) is 3.03. The van der Waals surface area contributed by atoms with Crippen LogP contribution in [-0.2, 0) is 20.7 Å². The minimum Gasteiger partial charge on any atom is -0.462 e. The minimum atomic E-state index is -0.156. The van der Waals surface area contributed by atoms with Gasteiger partial charge >= 0.3 is 5.97 Å². The van der Waals surface area contributed by atoms with Gasteiger partial charge in [-0.15, -0.1) is 0 Å². The maximum Gasteiger partial charge on any atom is 0.310 e. The topological polar surface area (TPSA) is 61.6 Å². The molecular weight excluding hydrogens is 254 g/mol. The molecule has 1 saturated heterocycles. The van der Waals surface area contributed by atoms with E-state index >= 15 is 0 Å². The van der Waals surface area contributed by atoms with Crippen LogP contribution in [0.25, 0.3) is 0 Å². The molecule has 1 spiro atoms. The first-order valence-corrected chi connectivity index (χ1v) is 7.33. The third-order valence-electron chi connectivity index (χ3n) is 4.34. The predicted molar refractivity (Wildman–Crippen MR) is 76.2 cm³/mol. The summed E-state index contributed by atoms with van der Waals surface area (Å²) >= 11 is 0. The Kier molecular flexibility index (Phi) is 3.66. The van der Waals surface area contributed by atoms with Gasteiger partial charge in [0.2, 0.25) is 0 Å². The Morgan fingerprint density at radius 3 is 2.75 bits per heavy atom. The lowest BCUT2D eigenvalue weighted by Gasteiger charge is -2.46. The summed E-state index contributed by atoms with van der Waals surface area (Å²) < 4.78 is 11.4. The van der Waals surface area contributed by atoms with Crippen molar-refractivity contribution in [1.29, 1.82) is 0 Å². The SMILES string of the molecule is Nc1ccc(CC(=O)OC2CCOC3(CCC3)C2)cc1. The van der Waals surface area contributed by atoms with Crippen LogP contribution in [0.1, 0.15) is 37.7 Å². The Balaban J connectivity index is 1.52. The highest BCUT2D eigenvalue weighted by atomic mass is 16.6. The zero-order chi connectivity index (χ0) is 14.0. The molecule has 2 fully saturated rings. The second-order valence-corrected chi connectivity index (χ2v) is 5.91. The summed E-state index contributed by atoms with van der Waals surface area (Å²) in [7, 11) is 0. The van der Waals surface area contributed by atoms with Crippen molar-refractivity contribution in [2.75, 3.05) is 12.3 Å². The van der Waals surface area contributed by atoms with Gasteiger partial charge in [0, 0.05) is 18.5 Å². The van der Waals surface area contributed by atoms with E-state index in [1.165, 1.54) is 6.42 Å². The molecule has 0 bridgehead atoms. The lowest BCUT2D eigenvalue weighted by Crippen LogP contribution is -2.48. The molecule has 1 aliphatic carbocycles. The second kappa shape index (κ2) is 5.44. The Morgan fingerprint density at radius 1 is 1.35 bits per heavy atom. The highest BCUT2D eigenvalue weighted by Gasteiger charge is 2.43. The first kappa shape index (κ1) is 13.4. The number of anilines is 1. The summed E-state index contributed by atoms with van der Waals surface area (Å²) in [4.78, 5) is 12.0. The standard InChI is InChI=1S/C16H21NO3/c17-13-4-2-12(3-5-13)10-15(18)20-14-6-9-19-16(11-14)7-1-8-16/h2-5,14H,1,6-11,17H2. The number of ether oxygens (including phenoxy) is 2. The van der Waals surface area contributed by atoms with Crippen molar-refractivity contribution >= 4 is 11.7 Å². The molecule has 0 radical (unpaired) electrons. The Morgan fingerprint density at radius 2 is 2.10 bits per heavy atom. The Labute approximate surface area is 119 Å². The lowest BCUT2D eigenvalue weighted by atomic mass is 9.74. The molecule has 0 amide bonds. The Bertz CT molecular complexity index is 479. The molecule has 0 aromatic heterocycles. The molecule has 108 valence electrons. The van der Waals surface area contributed by atoms with E-state index in [0.29, 0.717) is 18.7 Å². The van der Waals surface area contributed by atoms with E-state index in [1.807, 2.05) is 12.1 Å². The molecule has 1 saturated carbocycles. The largest absolute Gasteiger partial charge is 0.462 e. The van der Waals surface area contributed by atoms with Crippen LogP contribution in [0.5, 0.6) is 0 Å². The van der Waals surface area contributed by atoms with Gasteiger partial charge in [-0.1, -0.05) is 12.1 Å². The molecule has 1 aromatic rings. The number of carbonyl (C=O) groups is 1. The first-order valence-electron chi connectivity index (χ1n) is 7.33. The molecule has 1 aromatic carbocycles. The van der Waals surface area contributed by atoms with Crippen LogP contribution >= 0.6 is 0 Å². The fourth-order valence-corrected chi connectivity index (χ4v) is 3.03. The number of nitrogen functional groups attached to an aromatic ring is 1. The van der Waals surface area contributed by atoms with Crippen molar-refractivity contribution in [2.45, 2.75) is 50.2 Å². The number of esters is 1. The highest BCUT2D eigenvalue weighted by molar-refractivity contribution is 5.73. The van der Waals surface area contributed by atoms with Crippen LogP contribution in [0.3, 0.4) is 0 Å². The Hall–Kier alpha value is -1.55. The van der Waals surface area contributed by atoms with Crippen molar-refractivity contribution < 1.29 is 14.3 Å². The van der Waals surface area contributed by atoms with Crippen molar-refractivity contribution in [3.63, 3.8) is 0 Å². The normalized spacial score (nSPS) is 24.1. The molecule has 4 heteroatoms. The van der Waals surface area contributed by atoms with Crippen LogP contribution in [-0.4, -0.2) is 24.3 Å². The number of hydrogen-bond acceptors (Lipinski definition) is 4. The molecule has 1 unspecified atom stereocenters. The van der Waals surface area contributed by atoms with Crippen molar-refractivity contribution in [1.82, 2.24) is 0 Å². The summed E-state index contributed by atoms with van der Waals surface area (Å²) in [6, 6.07) is 7.35. The number of nitrogens with two attached hydrogens (primary N) is 1. The van der Waals surface area contributed by atoms with Gasteiger partial charge in [-0.25, -0.2) is 0 Å². The average molecular weight is 275 g/mol. The van der Waals surface area contributed by atoms with Gasteiger partial charge in [0.1, 0.15) is 6.10 Å². The summed E-state index contributed by atoms with van der Waals surface area (Å²) in [5, 5.41) is 0. The van der Waals surface area contributed by atoms with Crippen LogP contribution in [0.15, 0.2) is 24.3 Å². The number of benzene rings is 1. The van der Waals surface area contributed by atoms with E-state index in [-0.39, 0.29) is 17.7 Å². The van der Waals surface area contributed by atoms with Gasteiger partial charge in [-0.2, -0.15) is 0 Å². The van der Waals surface area contributed by atoms with E-state index in [9.17, 15) is 4.79 Å². The molecular formula is C16H21NO3. The quantitative estimate of drug-likeness (QED) is 0.680. The molecule has 20 heavy (non-hydrogen) atoms. The summed E-state index contributed by atoms with van der Waals surface area (Å²) in [6.07, 6.45) is 5.45. The van der Waals surface area contributed by atoms with Crippen LogP contribution < -0.4 is 5.73 Å².